The molecule has 5 aromatic rings. The van der Waals surface area contributed by atoms with Crippen molar-refractivity contribution in [1.29, 1.82) is 0 Å². The van der Waals surface area contributed by atoms with Gasteiger partial charge in [0.05, 0.1) is 19.1 Å². The number of esters is 1. The molecule has 9 heteroatoms. The number of benzene rings is 3. The molecule has 1 fully saturated rings. The van der Waals surface area contributed by atoms with Gasteiger partial charge >= 0.3 is 5.97 Å². The Bertz CT molecular complexity index is 1730. The molecule has 1 saturated heterocycles. The molecule has 0 aliphatic carbocycles. The van der Waals surface area contributed by atoms with Gasteiger partial charge in [0.15, 0.2) is 5.69 Å². The Balaban J connectivity index is 1.17. The first-order chi connectivity index (χ1) is 22.1. The number of carbonyl (C=O) groups is 2. The predicted molar refractivity (Wildman–Crippen MR) is 171 cm³/mol. The third-order valence-corrected chi connectivity index (χ3v) is 8.11. The van der Waals surface area contributed by atoms with Crippen LogP contribution in [0.2, 0.25) is 0 Å². The van der Waals surface area contributed by atoms with Gasteiger partial charge in [-0.25, -0.2) is 4.98 Å². The SMILES string of the molecule is CCOC(=O)C1CCCN(C(=O)c2coc(CN(CCc3c[nH]c4ccccc34)Cc3cccc(Oc4ccccc4)c3)n2)C1. The minimum atomic E-state index is -0.310. The summed E-state index contributed by atoms with van der Waals surface area (Å²) in [5.41, 5.74) is 3.69. The molecule has 1 atom stereocenters. The monoisotopic (exact) mass is 606 g/mol. The lowest BCUT2D eigenvalue weighted by atomic mass is 9.98. The zero-order valence-corrected chi connectivity index (χ0v) is 25.5. The number of aromatic amines is 1. The van der Waals surface area contributed by atoms with E-state index in [1.54, 1.807) is 11.8 Å². The highest BCUT2D eigenvalue weighted by atomic mass is 16.5. The smallest absolute Gasteiger partial charge is 0.310 e. The minimum Gasteiger partial charge on any atom is -0.466 e. The molecule has 1 N–H and O–H groups in total. The summed E-state index contributed by atoms with van der Waals surface area (Å²) in [6.07, 6.45) is 5.78. The molecule has 3 heterocycles. The lowest BCUT2D eigenvalue weighted by Crippen LogP contribution is -2.43. The van der Waals surface area contributed by atoms with Crippen molar-refractivity contribution in [1.82, 2.24) is 19.8 Å². The maximum absolute atomic E-state index is 13.3. The molecule has 0 radical (unpaired) electrons. The summed E-state index contributed by atoms with van der Waals surface area (Å²) < 4.78 is 17.1. The van der Waals surface area contributed by atoms with Crippen LogP contribution >= 0.6 is 0 Å². The molecule has 3 aromatic carbocycles. The number of likely N-dealkylation sites (tertiary alicyclic amines) is 1. The number of aromatic nitrogens is 2. The third kappa shape index (κ3) is 7.61. The standard InChI is InChI=1S/C36H38N4O5/c1-2-43-36(42)28-11-9-18-40(23-28)35(41)33-25-44-34(38-33)24-39(19-17-27-21-37-32-16-7-6-15-31(27)32)22-26-10-8-14-30(20-26)45-29-12-4-3-5-13-29/h3-8,10,12-16,20-21,25,28,37H,2,9,11,17-19,22-24H2,1H3. The van der Waals surface area contributed by atoms with Crippen molar-refractivity contribution in [2.75, 3.05) is 26.2 Å². The summed E-state index contributed by atoms with van der Waals surface area (Å²) in [5.74, 6) is 1.23. The Labute approximate surface area is 262 Å². The normalized spacial score (nSPS) is 15.0. The van der Waals surface area contributed by atoms with Crippen LogP contribution in [0.5, 0.6) is 11.5 Å². The fourth-order valence-electron chi connectivity index (χ4n) is 5.87. The number of rotatable bonds is 12. The van der Waals surface area contributed by atoms with Crippen molar-refractivity contribution in [2.24, 2.45) is 5.92 Å². The van der Waals surface area contributed by atoms with Gasteiger partial charge in [0.2, 0.25) is 5.89 Å². The zero-order valence-electron chi connectivity index (χ0n) is 25.5. The van der Waals surface area contributed by atoms with Gasteiger partial charge < -0.3 is 23.8 Å². The van der Waals surface area contributed by atoms with Crippen LogP contribution in [-0.2, 0) is 29.0 Å². The second-order valence-corrected chi connectivity index (χ2v) is 11.4. The van der Waals surface area contributed by atoms with Crippen LogP contribution in [0, 0.1) is 5.92 Å². The Morgan fingerprint density at radius 3 is 2.71 bits per heavy atom. The lowest BCUT2D eigenvalue weighted by molar-refractivity contribution is -0.149. The van der Waals surface area contributed by atoms with Crippen LogP contribution in [0.3, 0.4) is 0 Å². The van der Waals surface area contributed by atoms with E-state index in [0.717, 1.165) is 48.4 Å². The molecule has 9 nitrogen and oxygen atoms in total. The van der Waals surface area contributed by atoms with Crippen molar-refractivity contribution in [3.05, 3.63) is 114 Å². The second-order valence-electron chi connectivity index (χ2n) is 11.4. The molecule has 1 aliphatic rings. The third-order valence-electron chi connectivity index (χ3n) is 8.11. The number of para-hydroxylation sites is 2. The van der Waals surface area contributed by atoms with Crippen molar-refractivity contribution < 1.29 is 23.5 Å². The highest BCUT2D eigenvalue weighted by Crippen LogP contribution is 2.25. The minimum absolute atomic E-state index is 0.227. The summed E-state index contributed by atoms with van der Waals surface area (Å²) in [6.45, 7) is 4.83. The number of oxazole rings is 1. The van der Waals surface area contributed by atoms with Gasteiger partial charge in [0, 0.05) is 43.3 Å². The number of hydrogen-bond acceptors (Lipinski definition) is 7. The lowest BCUT2D eigenvalue weighted by Gasteiger charge is -2.30. The molecule has 1 unspecified atom stereocenters. The van der Waals surface area contributed by atoms with E-state index in [4.69, 9.17) is 13.9 Å². The van der Waals surface area contributed by atoms with Crippen molar-refractivity contribution >= 4 is 22.8 Å². The van der Waals surface area contributed by atoms with E-state index in [9.17, 15) is 9.59 Å². The van der Waals surface area contributed by atoms with Crippen LogP contribution < -0.4 is 4.74 Å². The van der Waals surface area contributed by atoms with Crippen LogP contribution in [-0.4, -0.2) is 57.9 Å². The van der Waals surface area contributed by atoms with Crippen molar-refractivity contribution in [2.45, 2.75) is 39.3 Å². The van der Waals surface area contributed by atoms with Crippen molar-refractivity contribution in [3.8, 4) is 11.5 Å². The summed E-state index contributed by atoms with van der Waals surface area (Å²) in [5, 5.41) is 1.21. The maximum atomic E-state index is 13.3. The fourth-order valence-corrected chi connectivity index (χ4v) is 5.87. The van der Waals surface area contributed by atoms with Gasteiger partial charge in [-0.3, -0.25) is 14.5 Å². The van der Waals surface area contributed by atoms with Gasteiger partial charge in [-0.2, -0.15) is 0 Å². The number of H-pyrrole nitrogens is 1. The summed E-state index contributed by atoms with van der Waals surface area (Å²) in [7, 11) is 0. The van der Waals surface area contributed by atoms with Crippen LogP contribution in [0.25, 0.3) is 10.9 Å². The maximum Gasteiger partial charge on any atom is 0.310 e. The fraction of sp³-hybridized carbons (Fsp3) is 0.306. The summed E-state index contributed by atoms with van der Waals surface area (Å²) >= 11 is 0. The summed E-state index contributed by atoms with van der Waals surface area (Å²) in [6, 6.07) is 26.1. The van der Waals surface area contributed by atoms with Gasteiger partial charge in [-0.05, 0) is 67.6 Å². The molecule has 0 saturated carbocycles. The van der Waals surface area contributed by atoms with E-state index < -0.39 is 0 Å². The number of carbonyl (C=O) groups excluding carboxylic acids is 2. The van der Waals surface area contributed by atoms with E-state index in [1.165, 1.54) is 17.2 Å². The average Bonchev–Trinajstić information content (AvgIpc) is 3.71. The van der Waals surface area contributed by atoms with Gasteiger partial charge in [0.1, 0.15) is 17.8 Å². The molecule has 6 rings (SSSR count). The Morgan fingerprint density at radius 2 is 1.84 bits per heavy atom. The highest BCUT2D eigenvalue weighted by molar-refractivity contribution is 5.92. The number of fused-ring (bicyclic) bond motifs is 1. The number of hydrogen-bond donors (Lipinski definition) is 1. The predicted octanol–water partition coefficient (Wildman–Crippen LogP) is 6.61. The van der Waals surface area contributed by atoms with E-state index in [2.05, 4.69) is 45.3 Å². The number of nitrogens with zero attached hydrogens (tertiary/aromatic N) is 3. The quantitative estimate of drug-likeness (QED) is 0.160. The van der Waals surface area contributed by atoms with Crippen LogP contribution in [0.1, 0.15) is 47.3 Å². The number of amides is 1. The largest absolute Gasteiger partial charge is 0.466 e. The Hall–Kier alpha value is -4.89. The van der Waals surface area contributed by atoms with Crippen LogP contribution in [0.4, 0.5) is 0 Å². The number of ether oxygens (including phenoxy) is 2. The van der Waals surface area contributed by atoms with Gasteiger partial charge in [-0.15, -0.1) is 0 Å². The molecule has 1 amide bonds. The molecular weight excluding hydrogens is 568 g/mol. The first-order valence-electron chi connectivity index (χ1n) is 15.5. The first-order valence-corrected chi connectivity index (χ1v) is 15.5. The van der Waals surface area contributed by atoms with Crippen molar-refractivity contribution in [3.63, 3.8) is 0 Å². The number of nitrogens with one attached hydrogen (secondary N) is 1. The zero-order chi connectivity index (χ0) is 31.0. The Morgan fingerprint density at radius 1 is 1.02 bits per heavy atom. The Kier molecular flexibility index (Phi) is 9.56. The topological polar surface area (TPSA) is 101 Å². The molecule has 232 valence electrons. The van der Waals surface area contributed by atoms with E-state index in [0.29, 0.717) is 38.7 Å². The number of piperidine rings is 1. The van der Waals surface area contributed by atoms with E-state index in [1.807, 2.05) is 54.6 Å². The molecule has 45 heavy (non-hydrogen) atoms. The van der Waals surface area contributed by atoms with Gasteiger partial charge in [0.25, 0.3) is 5.91 Å². The van der Waals surface area contributed by atoms with E-state index in [-0.39, 0.29) is 23.5 Å². The molecule has 0 bridgehead atoms. The molecular formula is C36H38N4O5. The second kappa shape index (κ2) is 14.3. The average molecular weight is 607 g/mol. The van der Waals surface area contributed by atoms with Crippen LogP contribution in [0.15, 0.2) is 95.7 Å². The van der Waals surface area contributed by atoms with E-state index >= 15 is 0 Å². The molecule has 0 spiro atoms. The van der Waals surface area contributed by atoms with Gasteiger partial charge in [-0.1, -0.05) is 48.5 Å². The molecule has 2 aromatic heterocycles. The highest BCUT2D eigenvalue weighted by Gasteiger charge is 2.31. The summed E-state index contributed by atoms with van der Waals surface area (Å²) in [4.78, 5) is 37.5. The first kappa shape index (κ1) is 30.1. The molecule has 1 aliphatic heterocycles.